The van der Waals surface area contributed by atoms with Gasteiger partial charge in [0.15, 0.2) is 5.82 Å². The Balaban J connectivity index is 0.00000264. The lowest BCUT2D eigenvalue weighted by atomic mass is 10.2. The van der Waals surface area contributed by atoms with E-state index in [1.807, 2.05) is 32.2 Å². The fraction of sp³-hybridized carbons (Fsp3) is 0.357. The Morgan fingerprint density at radius 2 is 2.22 bits per heavy atom. The third-order valence-electron chi connectivity index (χ3n) is 2.97. The molecule has 7 nitrogen and oxygen atoms in total. The molecule has 1 heterocycles. The van der Waals surface area contributed by atoms with Crippen molar-refractivity contribution in [2.45, 2.75) is 20.0 Å². The molecule has 0 unspecified atom stereocenters. The molecule has 0 saturated carbocycles. The number of carbonyl (C=O) groups excluding carboxylic acids is 1. The third kappa shape index (κ3) is 5.91. The lowest BCUT2D eigenvalue weighted by molar-refractivity contribution is -0.117. The fourth-order valence-corrected chi connectivity index (χ4v) is 2.41. The predicted octanol–water partition coefficient (Wildman–Crippen LogP) is 2.09. The quantitative estimate of drug-likeness (QED) is 0.765. The maximum atomic E-state index is 12.1. The molecule has 2 aromatic rings. The van der Waals surface area contributed by atoms with E-state index < -0.39 is 0 Å². The zero-order valence-electron chi connectivity index (χ0n) is 12.9. The van der Waals surface area contributed by atoms with Crippen LogP contribution in [0.3, 0.4) is 0 Å². The van der Waals surface area contributed by atoms with Crippen molar-refractivity contribution >= 4 is 39.9 Å². The van der Waals surface area contributed by atoms with Crippen molar-refractivity contribution in [2.75, 3.05) is 18.9 Å². The molecular formula is C14H19BrClN5O2. The Bertz CT molecular complexity index is 664. The smallest absolute Gasteiger partial charge is 0.240 e. The van der Waals surface area contributed by atoms with Crippen molar-refractivity contribution in [3.05, 3.63) is 40.0 Å². The Morgan fingerprint density at radius 3 is 2.83 bits per heavy atom. The second-order valence-corrected chi connectivity index (χ2v) is 5.90. The molecule has 0 fully saturated rings. The molecule has 0 spiro atoms. The van der Waals surface area contributed by atoms with E-state index in [9.17, 15) is 4.79 Å². The number of likely N-dealkylation sites (N-methyl/N-ethyl adjacent to an activating group) is 1. The summed E-state index contributed by atoms with van der Waals surface area (Å²) in [5, 5.41) is 6.68. The van der Waals surface area contributed by atoms with Gasteiger partial charge < -0.3 is 15.6 Å². The lowest BCUT2D eigenvalue weighted by Crippen LogP contribution is -2.30. The number of carbonyl (C=O) groups is 1. The van der Waals surface area contributed by atoms with E-state index in [2.05, 4.69) is 31.4 Å². The number of anilines is 1. The molecule has 1 aromatic carbocycles. The Hall–Kier alpha value is -1.48. The third-order valence-corrected chi connectivity index (χ3v) is 3.47. The van der Waals surface area contributed by atoms with Gasteiger partial charge in [-0.3, -0.25) is 9.69 Å². The van der Waals surface area contributed by atoms with Crippen LogP contribution >= 0.6 is 28.3 Å². The van der Waals surface area contributed by atoms with Gasteiger partial charge in [-0.25, -0.2) is 0 Å². The number of aryl methyl sites for hydroxylation is 1. The largest absolute Gasteiger partial charge is 0.338 e. The first-order chi connectivity index (χ1) is 10.5. The van der Waals surface area contributed by atoms with Crippen LogP contribution in [0.5, 0.6) is 0 Å². The average molecular weight is 405 g/mol. The van der Waals surface area contributed by atoms with Crippen molar-refractivity contribution in [3.63, 3.8) is 0 Å². The normalized spacial score (nSPS) is 10.5. The Morgan fingerprint density at radius 1 is 1.48 bits per heavy atom. The highest BCUT2D eigenvalue weighted by Crippen LogP contribution is 2.19. The highest BCUT2D eigenvalue weighted by atomic mass is 79.9. The monoisotopic (exact) mass is 403 g/mol. The summed E-state index contributed by atoms with van der Waals surface area (Å²) in [5.74, 6) is 0.796. The highest BCUT2D eigenvalue weighted by Gasteiger charge is 2.12. The van der Waals surface area contributed by atoms with Gasteiger partial charge in [0.25, 0.3) is 0 Å². The van der Waals surface area contributed by atoms with E-state index >= 15 is 0 Å². The number of nitrogens with two attached hydrogens (primary N) is 1. The summed E-state index contributed by atoms with van der Waals surface area (Å²) in [6.45, 7) is 2.79. The van der Waals surface area contributed by atoms with E-state index in [4.69, 9.17) is 10.3 Å². The molecule has 0 radical (unpaired) electrons. The number of amides is 1. The summed E-state index contributed by atoms with van der Waals surface area (Å²) in [4.78, 5) is 18.0. The lowest BCUT2D eigenvalue weighted by Gasteiger charge is -2.15. The van der Waals surface area contributed by atoms with Crippen molar-refractivity contribution in [3.8, 4) is 0 Å². The molecule has 0 atom stereocenters. The van der Waals surface area contributed by atoms with Crippen LogP contribution in [0, 0.1) is 6.92 Å². The molecule has 0 aliphatic rings. The zero-order chi connectivity index (χ0) is 16.1. The number of hydrogen-bond donors (Lipinski definition) is 2. The van der Waals surface area contributed by atoms with Crippen molar-refractivity contribution in [2.24, 2.45) is 5.73 Å². The molecular weight excluding hydrogens is 386 g/mol. The molecule has 23 heavy (non-hydrogen) atoms. The van der Waals surface area contributed by atoms with Crippen LogP contribution in [-0.4, -0.2) is 34.5 Å². The summed E-state index contributed by atoms with van der Waals surface area (Å²) < 4.78 is 5.90. The van der Waals surface area contributed by atoms with Gasteiger partial charge in [-0.05, 0) is 37.7 Å². The number of hydrogen-bond acceptors (Lipinski definition) is 6. The molecule has 2 rings (SSSR count). The van der Waals surface area contributed by atoms with E-state index in [1.165, 1.54) is 0 Å². The van der Waals surface area contributed by atoms with Gasteiger partial charge in [0.05, 0.1) is 19.6 Å². The number of nitrogens with one attached hydrogen (secondary N) is 1. The molecule has 0 saturated heterocycles. The van der Waals surface area contributed by atoms with Crippen molar-refractivity contribution in [1.29, 1.82) is 0 Å². The SMILES string of the molecule is Cc1cc(Br)ccc1NC(=O)CN(C)Cc1noc(CN)n1.Cl. The maximum Gasteiger partial charge on any atom is 0.240 e. The Kier molecular flexibility index (Phi) is 7.63. The Labute approximate surface area is 149 Å². The van der Waals surface area contributed by atoms with E-state index in [0.29, 0.717) is 18.3 Å². The number of halogens is 2. The first-order valence-electron chi connectivity index (χ1n) is 6.74. The van der Waals surface area contributed by atoms with Gasteiger partial charge >= 0.3 is 0 Å². The summed E-state index contributed by atoms with van der Waals surface area (Å²) in [6.07, 6.45) is 0. The maximum absolute atomic E-state index is 12.1. The highest BCUT2D eigenvalue weighted by molar-refractivity contribution is 9.10. The first kappa shape index (κ1) is 19.6. The molecule has 9 heteroatoms. The van der Waals surface area contributed by atoms with Crippen LogP contribution in [0.25, 0.3) is 0 Å². The molecule has 0 aliphatic heterocycles. The standard InChI is InChI=1S/C14H18BrN5O2.ClH/c1-9-5-10(15)3-4-11(9)17-13(21)8-20(2)7-12-18-14(6-16)22-19-12;/h3-5H,6-8,16H2,1-2H3,(H,17,21);1H. The van der Waals surface area contributed by atoms with Gasteiger partial charge in [-0.15, -0.1) is 12.4 Å². The number of nitrogens with zero attached hydrogens (tertiary/aromatic N) is 3. The predicted molar refractivity (Wildman–Crippen MR) is 93.3 cm³/mol. The van der Waals surface area contributed by atoms with Gasteiger partial charge in [0, 0.05) is 10.2 Å². The number of benzene rings is 1. The van der Waals surface area contributed by atoms with Gasteiger partial charge in [0.2, 0.25) is 11.8 Å². The van der Waals surface area contributed by atoms with Gasteiger partial charge in [-0.2, -0.15) is 4.98 Å². The molecule has 1 aromatic heterocycles. The fourth-order valence-electron chi connectivity index (χ4n) is 1.94. The van der Waals surface area contributed by atoms with E-state index in [0.717, 1.165) is 15.7 Å². The molecule has 3 N–H and O–H groups in total. The van der Waals surface area contributed by atoms with Gasteiger partial charge in [0.1, 0.15) is 0 Å². The summed E-state index contributed by atoms with van der Waals surface area (Å²) >= 11 is 3.40. The van der Waals surface area contributed by atoms with Crippen LogP contribution in [0.1, 0.15) is 17.3 Å². The topological polar surface area (TPSA) is 97.3 Å². The average Bonchev–Trinajstić information content (AvgIpc) is 2.89. The van der Waals surface area contributed by atoms with Gasteiger partial charge in [-0.1, -0.05) is 21.1 Å². The summed E-state index contributed by atoms with van der Waals surface area (Å²) in [6, 6.07) is 5.71. The second kappa shape index (κ2) is 8.97. The number of rotatable bonds is 6. The minimum Gasteiger partial charge on any atom is -0.338 e. The second-order valence-electron chi connectivity index (χ2n) is 4.99. The molecule has 0 aliphatic carbocycles. The van der Waals surface area contributed by atoms with Crippen LogP contribution in [0.2, 0.25) is 0 Å². The van der Waals surface area contributed by atoms with E-state index in [1.54, 1.807) is 4.90 Å². The summed E-state index contributed by atoms with van der Waals surface area (Å²) in [7, 11) is 1.81. The van der Waals surface area contributed by atoms with Crippen LogP contribution in [0.4, 0.5) is 5.69 Å². The molecule has 126 valence electrons. The van der Waals surface area contributed by atoms with Crippen LogP contribution in [-0.2, 0) is 17.9 Å². The molecule has 0 bridgehead atoms. The van der Waals surface area contributed by atoms with E-state index in [-0.39, 0.29) is 31.4 Å². The number of aromatic nitrogens is 2. The zero-order valence-corrected chi connectivity index (χ0v) is 15.3. The first-order valence-corrected chi connectivity index (χ1v) is 7.53. The minimum absolute atomic E-state index is 0. The van der Waals surface area contributed by atoms with Crippen molar-refractivity contribution < 1.29 is 9.32 Å². The van der Waals surface area contributed by atoms with Crippen molar-refractivity contribution in [1.82, 2.24) is 15.0 Å². The van der Waals surface area contributed by atoms with Crippen LogP contribution in [0.15, 0.2) is 27.2 Å². The molecule has 1 amide bonds. The van der Waals surface area contributed by atoms with Crippen LogP contribution < -0.4 is 11.1 Å². The minimum atomic E-state index is -0.101. The summed E-state index contributed by atoms with van der Waals surface area (Å²) in [5.41, 5.74) is 7.20.